The van der Waals surface area contributed by atoms with E-state index in [2.05, 4.69) is 20.6 Å². The standard InChI is InChI=1S/C19H25FN4O2.HI/c1-3-25-12-6-11-23-19(21-2)24-14-15-7-5-10-22-18(15)26-17-9-4-8-16(20)13-17;/h4-5,7-10,13H,3,6,11-12,14H2,1-2H3,(H2,21,23,24);1H. The third-order valence-corrected chi connectivity index (χ3v) is 3.49. The smallest absolute Gasteiger partial charge is 0.224 e. The minimum absolute atomic E-state index is 0. The fourth-order valence-electron chi connectivity index (χ4n) is 2.22. The molecular weight excluding hydrogens is 462 g/mol. The summed E-state index contributed by atoms with van der Waals surface area (Å²) >= 11 is 0. The van der Waals surface area contributed by atoms with Crippen LogP contribution in [0.4, 0.5) is 4.39 Å². The maximum Gasteiger partial charge on any atom is 0.224 e. The van der Waals surface area contributed by atoms with Gasteiger partial charge in [0.25, 0.3) is 0 Å². The molecule has 0 aliphatic heterocycles. The molecule has 2 aromatic rings. The van der Waals surface area contributed by atoms with Gasteiger partial charge in [-0.05, 0) is 31.5 Å². The van der Waals surface area contributed by atoms with Crippen molar-refractivity contribution < 1.29 is 13.9 Å². The van der Waals surface area contributed by atoms with Gasteiger partial charge in [-0.15, -0.1) is 24.0 Å². The number of guanidine groups is 1. The van der Waals surface area contributed by atoms with Gasteiger partial charge in [0, 0.05) is 51.2 Å². The van der Waals surface area contributed by atoms with Crippen LogP contribution in [0.1, 0.15) is 18.9 Å². The molecule has 0 fully saturated rings. The number of ether oxygens (including phenoxy) is 2. The molecule has 2 rings (SSSR count). The number of rotatable bonds is 9. The lowest BCUT2D eigenvalue weighted by atomic mass is 10.2. The lowest BCUT2D eigenvalue weighted by Gasteiger charge is -2.14. The highest BCUT2D eigenvalue weighted by atomic mass is 127. The molecule has 2 N–H and O–H groups in total. The number of aliphatic imine (C=N–C) groups is 1. The molecule has 1 aromatic heterocycles. The Balaban J connectivity index is 0.00000364. The van der Waals surface area contributed by atoms with Crippen molar-refractivity contribution in [1.82, 2.24) is 15.6 Å². The molecule has 1 aromatic carbocycles. The van der Waals surface area contributed by atoms with Gasteiger partial charge >= 0.3 is 0 Å². The van der Waals surface area contributed by atoms with E-state index in [1.807, 2.05) is 19.1 Å². The Bertz CT molecular complexity index is 716. The van der Waals surface area contributed by atoms with Gasteiger partial charge in [0.2, 0.25) is 5.88 Å². The molecule has 0 saturated carbocycles. The van der Waals surface area contributed by atoms with Gasteiger partial charge in [-0.25, -0.2) is 9.37 Å². The number of benzene rings is 1. The van der Waals surface area contributed by atoms with Crippen molar-refractivity contribution in [2.24, 2.45) is 4.99 Å². The van der Waals surface area contributed by atoms with Crippen LogP contribution in [0.15, 0.2) is 47.6 Å². The summed E-state index contributed by atoms with van der Waals surface area (Å²) in [5.41, 5.74) is 0.842. The van der Waals surface area contributed by atoms with Gasteiger partial charge in [-0.2, -0.15) is 0 Å². The molecule has 6 nitrogen and oxygen atoms in total. The van der Waals surface area contributed by atoms with Gasteiger partial charge in [0.05, 0.1) is 0 Å². The Labute approximate surface area is 176 Å². The Morgan fingerprint density at radius 3 is 2.81 bits per heavy atom. The molecule has 0 aliphatic carbocycles. The Morgan fingerprint density at radius 2 is 2.07 bits per heavy atom. The van der Waals surface area contributed by atoms with Crippen LogP contribution in [0.2, 0.25) is 0 Å². The second kappa shape index (κ2) is 13.3. The molecule has 0 radical (unpaired) electrons. The first-order valence-electron chi connectivity index (χ1n) is 8.62. The fraction of sp³-hybridized carbons (Fsp3) is 0.368. The van der Waals surface area contributed by atoms with Crippen LogP contribution in [0.5, 0.6) is 11.6 Å². The Morgan fingerprint density at radius 1 is 1.22 bits per heavy atom. The van der Waals surface area contributed by atoms with Gasteiger partial charge < -0.3 is 20.1 Å². The summed E-state index contributed by atoms with van der Waals surface area (Å²) in [6.45, 7) is 4.66. The van der Waals surface area contributed by atoms with Crippen LogP contribution < -0.4 is 15.4 Å². The van der Waals surface area contributed by atoms with E-state index in [1.54, 1.807) is 25.4 Å². The van der Waals surface area contributed by atoms with Crippen molar-refractivity contribution in [3.8, 4) is 11.6 Å². The predicted molar refractivity (Wildman–Crippen MR) is 115 cm³/mol. The van der Waals surface area contributed by atoms with Crippen LogP contribution in [0.25, 0.3) is 0 Å². The van der Waals surface area contributed by atoms with Crippen LogP contribution in [0.3, 0.4) is 0 Å². The summed E-state index contributed by atoms with van der Waals surface area (Å²) in [4.78, 5) is 8.43. The van der Waals surface area contributed by atoms with Gasteiger partial charge in [0.15, 0.2) is 5.96 Å². The number of pyridine rings is 1. The van der Waals surface area contributed by atoms with Crippen molar-refractivity contribution >= 4 is 29.9 Å². The van der Waals surface area contributed by atoms with E-state index in [1.165, 1.54) is 12.1 Å². The molecule has 0 bridgehead atoms. The zero-order valence-corrected chi connectivity index (χ0v) is 17.9. The zero-order chi connectivity index (χ0) is 18.6. The SMILES string of the molecule is CCOCCCNC(=NC)NCc1cccnc1Oc1cccc(F)c1.I. The summed E-state index contributed by atoms with van der Waals surface area (Å²) in [6, 6.07) is 9.71. The monoisotopic (exact) mass is 488 g/mol. The molecule has 0 saturated heterocycles. The van der Waals surface area contributed by atoms with E-state index < -0.39 is 0 Å². The topological polar surface area (TPSA) is 67.8 Å². The van der Waals surface area contributed by atoms with Crippen LogP contribution in [-0.4, -0.2) is 37.7 Å². The van der Waals surface area contributed by atoms with Crippen molar-refractivity contribution in [2.75, 3.05) is 26.8 Å². The van der Waals surface area contributed by atoms with Crippen LogP contribution >= 0.6 is 24.0 Å². The highest BCUT2D eigenvalue weighted by Gasteiger charge is 2.08. The minimum atomic E-state index is -0.352. The Hall–Kier alpha value is -1.94. The quantitative estimate of drug-likeness (QED) is 0.244. The molecule has 0 aliphatic rings. The average Bonchev–Trinajstić information content (AvgIpc) is 2.65. The molecule has 148 valence electrons. The summed E-state index contributed by atoms with van der Waals surface area (Å²) < 4.78 is 24.3. The Kier molecular flexibility index (Phi) is 11.3. The molecule has 0 unspecified atom stereocenters. The van der Waals surface area contributed by atoms with Gasteiger partial charge in [-0.3, -0.25) is 4.99 Å². The lowest BCUT2D eigenvalue weighted by Crippen LogP contribution is -2.37. The summed E-state index contributed by atoms with van der Waals surface area (Å²) in [5.74, 6) is 1.16. The zero-order valence-electron chi connectivity index (χ0n) is 15.6. The highest BCUT2D eigenvalue weighted by molar-refractivity contribution is 14.0. The van der Waals surface area contributed by atoms with Crippen LogP contribution in [-0.2, 0) is 11.3 Å². The average molecular weight is 488 g/mol. The number of hydrogen-bond acceptors (Lipinski definition) is 4. The number of nitrogens with zero attached hydrogens (tertiary/aromatic N) is 2. The van der Waals surface area contributed by atoms with E-state index in [4.69, 9.17) is 9.47 Å². The summed E-state index contributed by atoms with van der Waals surface area (Å²) in [6.07, 6.45) is 2.54. The van der Waals surface area contributed by atoms with Crippen molar-refractivity contribution in [1.29, 1.82) is 0 Å². The maximum atomic E-state index is 13.3. The lowest BCUT2D eigenvalue weighted by molar-refractivity contribution is 0.145. The van der Waals surface area contributed by atoms with E-state index in [-0.39, 0.29) is 29.8 Å². The van der Waals surface area contributed by atoms with E-state index in [0.29, 0.717) is 30.7 Å². The maximum absolute atomic E-state index is 13.3. The summed E-state index contributed by atoms with van der Waals surface area (Å²) in [5, 5.41) is 6.44. The number of nitrogens with one attached hydrogen (secondary N) is 2. The van der Waals surface area contributed by atoms with E-state index in [0.717, 1.165) is 25.1 Å². The molecule has 27 heavy (non-hydrogen) atoms. The molecule has 1 heterocycles. The predicted octanol–water partition coefficient (Wildman–Crippen LogP) is 3.72. The van der Waals surface area contributed by atoms with Gasteiger partial charge in [0.1, 0.15) is 11.6 Å². The van der Waals surface area contributed by atoms with Gasteiger partial charge in [-0.1, -0.05) is 12.1 Å². The normalized spacial score (nSPS) is 10.9. The first-order chi connectivity index (χ1) is 12.7. The summed E-state index contributed by atoms with van der Waals surface area (Å²) in [7, 11) is 1.71. The first kappa shape index (κ1) is 23.1. The third-order valence-electron chi connectivity index (χ3n) is 3.49. The molecule has 0 spiro atoms. The highest BCUT2D eigenvalue weighted by Crippen LogP contribution is 2.23. The third kappa shape index (κ3) is 8.53. The number of halogens is 2. The van der Waals surface area contributed by atoms with E-state index >= 15 is 0 Å². The molecular formula is C19H26FIN4O2. The van der Waals surface area contributed by atoms with Crippen LogP contribution in [0, 0.1) is 5.82 Å². The largest absolute Gasteiger partial charge is 0.439 e. The van der Waals surface area contributed by atoms with Crippen molar-refractivity contribution in [3.63, 3.8) is 0 Å². The second-order valence-electron chi connectivity index (χ2n) is 5.43. The van der Waals surface area contributed by atoms with E-state index in [9.17, 15) is 4.39 Å². The molecule has 0 atom stereocenters. The van der Waals surface area contributed by atoms with Crippen molar-refractivity contribution in [2.45, 2.75) is 19.9 Å². The second-order valence-corrected chi connectivity index (χ2v) is 5.43. The van der Waals surface area contributed by atoms with Crippen molar-refractivity contribution in [3.05, 3.63) is 54.0 Å². The molecule has 8 heteroatoms. The first-order valence-corrected chi connectivity index (χ1v) is 8.62. The number of aromatic nitrogens is 1. The fourth-order valence-corrected chi connectivity index (χ4v) is 2.22. The number of hydrogen-bond donors (Lipinski definition) is 2. The molecule has 0 amide bonds. The minimum Gasteiger partial charge on any atom is -0.439 e.